The fourth-order valence-electron chi connectivity index (χ4n) is 0.353. The Bertz CT molecular complexity index is 154. The van der Waals surface area contributed by atoms with Gasteiger partial charge in [0.05, 0.1) is 0 Å². The first kappa shape index (κ1) is 7.82. The van der Waals surface area contributed by atoms with Gasteiger partial charge in [-0.3, -0.25) is 0 Å². The molecule has 0 heterocycles. The highest BCUT2D eigenvalue weighted by atomic mass is 14.6. The number of rotatable bonds is 2. The second-order valence-electron chi connectivity index (χ2n) is 1.70. The monoisotopic (exact) mass is 124 g/mol. The molecule has 0 atom stereocenters. The van der Waals surface area contributed by atoms with E-state index in [9.17, 15) is 0 Å². The molecular weight excluding hydrogens is 112 g/mol. The van der Waals surface area contributed by atoms with Gasteiger partial charge < -0.3 is 11.5 Å². The van der Waals surface area contributed by atoms with E-state index in [1.807, 2.05) is 6.92 Å². The summed E-state index contributed by atoms with van der Waals surface area (Å²) in [6.45, 7) is 5.43. The maximum Gasteiger partial charge on any atom is 0.0357 e. The molecule has 0 aromatic carbocycles. The molecule has 4 N–H and O–H groups in total. The molecule has 9 heavy (non-hydrogen) atoms. The maximum atomic E-state index is 5.48. The molecule has 0 saturated heterocycles. The molecule has 0 aromatic heterocycles. The Morgan fingerprint density at radius 3 is 2.44 bits per heavy atom. The van der Waals surface area contributed by atoms with Crippen molar-refractivity contribution < 1.29 is 0 Å². The molecule has 2 nitrogen and oxygen atoms in total. The zero-order chi connectivity index (χ0) is 7.28. The second kappa shape index (κ2) is 3.78. The van der Waals surface area contributed by atoms with E-state index in [1.54, 1.807) is 12.2 Å². The quantitative estimate of drug-likeness (QED) is 0.537. The Kier molecular flexibility index (Phi) is 3.28. The van der Waals surface area contributed by atoms with Crippen molar-refractivity contribution in [3.05, 3.63) is 36.2 Å². The maximum absolute atomic E-state index is 5.48. The van der Waals surface area contributed by atoms with Crippen LogP contribution in [-0.2, 0) is 0 Å². The van der Waals surface area contributed by atoms with E-state index in [-0.39, 0.29) is 0 Å². The fourth-order valence-corrected chi connectivity index (χ4v) is 0.353. The minimum atomic E-state index is 0.660. The van der Waals surface area contributed by atoms with Crippen LogP contribution >= 0.6 is 0 Å². The minimum Gasteiger partial charge on any atom is -0.405 e. The van der Waals surface area contributed by atoms with Crippen molar-refractivity contribution in [1.29, 1.82) is 0 Å². The first-order valence-electron chi connectivity index (χ1n) is 2.69. The molecule has 0 aliphatic rings. The van der Waals surface area contributed by atoms with Gasteiger partial charge in [-0.2, -0.15) is 0 Å². The average Bonchev–Trinajstić information content (AvgIpc) is 1.87. The van der Waals surface area contributed by atoms with E-state index in [0.717, 1.165) is 5.57 Å². The average molecular weight is 124 g/mol. The van der Waals surface area contributed by atoms with Crippen LogP contribution in [0.4, 0.5) is 0 Å². The Labute approximate surface area is 55.5 Å². The van der Waals surface area contributed by atoms with E-state index in [0.29, 0.717) is 5.70 Å². The summed E-state index contributed by atoms with van der Waals surface area (Å²) in [6, 6.07) is 0. The molecule has 0 fully saturated rings. The van der Waals surface area contributed by atoms with Crippen molar-refractivity contribution in [3.8, 4) is 0 Å². The van der Waals surface area contributed by atoms with Gasteiger partial charge in [-0.25, -0.2) is 0 Å². The van der Waals surface area contributed by atoms with Gasteiger partial charge in [-0.1, -0.05) is 12.7 Å². The van der Waals surface area contributed by atoms with Crippen molar-refractivity contribution in [2.45, 2.75) is 6.92 Å². The molecule has 0 unspecified atom stereocenters. The normalized spacial score (nSPS) is 13.4. The van der Waals surface area contributed by atoms with Crippen LogP contribution in [0, 0.1) is 0 Å². The lowest BCUT2D eigenvalue weighted by Crippen LogP contribution is -1.96. The van der Waals surface area contributed by atoms with Gasteiger partial charge in [0.2, 0.25) is 0 Å². The number of hydrogen-bond acceptors (Lipinski definition) is 2. The molecule has 0 aliphatic carbocycles. The van der Waals surface area contributed by atoms with E-state index < -0.39 is 0 Å². The predicted octanol–water partition coefficient (Wildman–Crippen LogP) is 0.878. The van der Waals surface area contributed by atoms with Gasteiger partial charge in [0, 0.05) is 5.70 Å². The Morgan fingerprint density at radius 2 is 2.11 bits per heavy atom. The topological polar surface area (TPSA) is 52.0 Å². The van der Waals surface area contributed by atoms with Gasteiger partial charge in [0.25, 0.3) is 0 Å². The molecule has 0 radical (unpaired) electrons. The Hall–Kier alpha value is -1.18. The van der Waals surface area contributed by atoms with Gasteiger partial charge in [-0.05, 0) is 24.8 Å². The molecule has 0 bridgehead atoms. The molecule has 0 rings (SSSR count). The highest BCUT2D eigenvalue weighted by molar-refractivity contribution is 5.27. The summed E-state index contributed by atoms with van der Waals surface area (Å²) < 4.78 is 0. The third kappa shape index (κ3) is 2.59. The van der Waals surface area contributed by atoms with Crippen LogP contribution in [0.3, 0.4) is 0 Å². The number of allylic oxidation sites excluding steroid dienone is 3. The van der Waals surface area contributed by atoms with Crippen molar-refractivity contribution in [1.82, 2.24) is 0 Å². The number of hydrogen-bond donors (Lipinski definition) is 2. The number of nitrogens with two attached hydrogens (primary N) is 2. The summed E-state index contributed by atoms with van der Waals surface area (Å²) in [6.07, 6.45) is 4.73. The summed E-state index contributed by atoms with van der Waals surface area (Å²) in [4.78, 5) is 0. The van der Waals surface area contributed by atoms with E-state index in [4.69, 9.17) is 11.5 Å². The zero-order valence-corrected chi connectivity index (χ0v) is 5.59. The largest absolute Gasteiger partial charge is 0.405 e. The summed E-state index contributed by atoms with van der Waals surface area (Å²) in [5.74, 6) is 0. The molecule has 0 aliphatic heterocycles. The van der Waals surface area contributed by atoms with Crippen LogP contribution in [0.5, 0.6) is 0 Å². The third-order valence-electron chi connectivity index (χ3n) is 1.04. The predicted molar refractivity (Wildman–Crippen MR) is 40.4 cm³/mol. The Balaban J connectivity index is 4.27. The van der Waals surface area contributed by atoms with Crippen molar-refractivity contribution >= 4 is 0 Å². The zero-order valence-electron chi connectivity index (χ0n) is 5.59. The fraction of sp³-hybridized carbons (Fsp3) is 0.143. The van der Waals surface area contributed by atoms with Gasteiger partial charge in [-0.15, -0.1) is 0 Å². The smallest absolute Gasteiger partial charge is 0.0357 e. The highest BCUT2D eigenvalue weighted by Crippen LogP contribution is 1.98. The molecule has 0 amide bonds. The highest BCUT2D eigenvalue weighted by Gasteiger charge is 1.84. The second-order valence-corrected chi connectivity index (χ2v) is 1.70. The van der Waals surface area contributed by atoms with Crippen LogP contribution in [0.25, 0.3) is 0 Å². The molecule has 2 heteroatoms. The van der Waals surface area contributed by atoms with Crippen molar-refractivity contribution in [2.75, 3.05) is 0 Å². The molecule has 0 saturated carbocycles. The molecule has 50 valence electrons. The van der Waals surface area contributed by atoms with Gasteiger partial charge >= 0.3 is 0 Å². The van der Waals surface area contributed by atoms with Crippen LogP contribution in [0.15, 0.2) is 36.2 Å². The third-order valence-corrected chi connectivity index (χ3v) is 1.04. The van der Waals surface area contributed by atoms with E-state index >= 15 is 0 Å². The summed E-state index contributed by atoms with van der Waals surface area (Å²) >= 11 is 0. The Morgan fingerprint density at radius 1 is 1.56 bits per heavy atom. The SMILES string of the molecule is C=C/C(C)=C(N)/C=C\N. The van der Waals surface area contributed by atoms with Gasteiger partial charge in [0.1, 0.15) is 0 Å². The minimum absolute atomic E-state index is 0.660. The van der Waals surface area contributed by atoms with Crippen LogP contribution in [0.2, 0.25) is 0 Å². The lowest BCUT2D eigenvalue weighted by molar-refractivity contribution is 1.31. The summed E-state index contributed by atoms with van der Waals surface area (Å²) in [7, 11) is 0. The lowest BCUT2D eigenvalue weighted by Gasteiger charge is -1.93. The van der Waals surface area contributed by atoms with Crippen molar-refractivity contribution in [2.24, 2.45) is 11.5 Å². The van der Waals surface area contributed by atoms with Crippen LogP contribution < -0.4 is 11.5 Å². The van der Waals surface area contributed by atoms with Crippen LogP contribution in [-0.4, -0.2) is 0 Å². The molecule has 0 spiro atoms. The molecule has 0 aromatic rings. The summed E-state index contributed by atoms with van der Waals surface area (Å²) in [5, 5.41) is 0. The first-order valence-corrected chi connectivity index (χ1v) is 2.69. The first-order chi connectivity index (χ1) is 4.22. The standard InChI is InChI=1S/C7H12N2/c1-3-6(2)7(9)4-5-8/h3-5H,1,8-9H2,2H3/b5-4-,7-6-. The molecular formula is C7H12N2. The van der Waals surface area contributed by atoms with E-state index in [2.05, 4.69) is 6.58 Å². The van der Waals surface area contributed by atoms with Crippen LogP contribution in [0.1, 0.15) is 6.92 Å². The lowest BCUT2D eigenvalue weighted by atomic mass is 10.2. The van der Waals surface area contributed by atoms with Crippen molar-refractivity contribution in [3.63, 3.8) is 0 Å². The van der Waals surface area contributed by atoms with E-state index in [1.165, 1.54) is 6.20 Å². The van der Waals surface area contributed by atoms with Gasteiger partial charge in [0.15, 0.2) is 0 Å². The summed E-state index contributed by atoms with van der Waals surface area (Å²) in [5.41, 5.74) is 12.2.